The predicted octanol–water partition coefficient (Wildman–Crippen LogP) is 1.63. The number of carbonyl (C=O) groups excluding carboxylic acids is 1. The molecule has 1 aliphatic carbocycles. The van der Waals surface area contributed by atoms with Gasteiger partial charge >= 0.3 is 5.97 Å². The van der Waals surface area contributed by atoms with Gasteiger partial charge in [0.2, 0.25) is 0 Å². The van der Waals surface area contributed by atoms with Gasteiger partial charge in [0.05, 0.1) is 0 Å². The lowest BCUT2D eigenvalue weighted by atomic mass is 10.1. The van der Waals surface area contributed by atoms with Gasteiger partial charge in [-0.3, -0.25) is 4.79 Å². The molecule has 6 heteroatoms. The first kappa shape index (κ1) is 13.1. The van der Waals surface area contributed by atoms with Gasteiger partial charge in [-0.05, 0) is 32.1 Å². The molecular weight excluding hydrogens is 260 g/mol. The Morgan fingerprint density at radius 2 is 2.00 bits per heavy atom. The molecule has 0 saturated carbocycles. The van der Waals surface area contributed by atoms with Crippen LogP contribution in [0.4, 0.5) is 0 Å². The first-order valence-electron chi connectivity index (χ1n) is 7.19. The number of aliphatic carboxylic acids is 1. The topological polar surface area (TPSA) is 83.6 Å². The summed E-state index contributed by atoms with van der Waals surface area (Å²) in [4.78, 5) is 25.2. The molecule has 1 atom stereocenters. The number of carbonyl (C=O) groups is 2. The average molecular weight is 278 g/mol. The smallest absolute Gasteiger partial charge is 0.326 e. The van der Waals surface area contributed by atoms with Crippen molar-refractivity contribution in [3.8, 4) is 0 Å². The maximum absolute atomic E-state index is 12.5. The minimum atomic E-state index is -0.939. The normalized spacial score (nSPS) is 22.4. The van der Waals surface area contributed by atoms with Crippen molar-refractivity contribution in [2.24, 2.45) is 0 Å². The first-order valence-corrected chi connectivity index (χ1v) is 7.19. The van der Waals surface area contributed by atoms with Crippen molar-refractivity contribution < 1.29 is 19.2 Å². The highest BCUT2D eigenvalue weighted by Gasteiger charge is 2.37. The number of nitrogens with zero attached hydrogens (tertiary/aromatic N) is 2. The van der Waals surface area contributed by atoms with Crippen LogP contribution in [0.2, 0.25) is 0 Å². The van der Waals surface area contributed by atoms with Crippen LogP contribution in [-0.4, -0.2) is 39.6 Å². The average Bonchev–Trinajstić information content (AvgIpc) is 3.00. The molecule has 3 rings (SSSR count). The minimum absolute atomic E-state index is 0.290. The lowest BCUT2D eigenvalue weighted by molar-refractivity contribution is -0.141. The van der Waals surface area contributed by atoms with E-state index in [1.807, 2.05) is 0 Å². The van der Waals surface area contributed by atoms with Crippen LogP contribution < -0.4 is 0 Å². The van der Waals surface area contributed by atoms with Gasteiger partial charge in [0.1, 0.15) is 11.8 Å². The van der Waals surface area contributed by atoms with E-state index in [1.54, 1.807) is 0 Å². The molecular formula is C14H18N2O4. The van der Waals surface area contributed by atoms with Crippen molar-refractivity contribution in [3.05, 3.63) is 17.0 Å². The largest absolute Gasteiger partial charge is 0.480 e. The van der Waals surface area contributed by atoms with Crippen molar-refractivity contribution >= 4 is 11.9 Å². The fourth-order valence-electron chi connectivity index (χ4n) is 3.13. The second-order valence-electron chi connectivity index (χ2n) is 5.49. The molecule has 1 aliphatic heterocycles. The van der Waals surface area contributed by atoms with Gasteiger partial charge in [0.15, 0.2) is 5.69 Å². The summed E-state index contributed by atoms with van der Waals surface area (Å²) in [5.74, 6) is -0.427. The summed E-state index contributed by atoms with van der Waals surface area (Å²) in [5.41, 5.74) is 1.22. The molecule has 20 heavy (non-hydrogen) atoms. The second kappa shape index (κ2) is 5.26. The van der Waals surface area contributed by atoms with Crippen LogP contribution in [-0.2, 0) is 17.6 Å². The maximum Gasteiger partial charge on any atom is 0.326 e. The van der Waals surface area contributed by atoms with E-state index in [4.69, 9.17) is 4.52 Å². The quantitative estimate of drug-likeness (QED) is 0.831. The van der Waals surface area contributed by atoms with Gasteiger partial charge in [-0.15, -0.1) is 0 Å². The van der Waals surface area contributed by atoms with Crippen molar-refractivity contribution in [2.75, 3.05) is 6.54 Å². The van der Waals surface area contributed by atoms with Crippen LogP contribution in [0.3, 0.4) is 0 Å². The zero-order valence-corrected chi connectivity index (χ0v) is 11.3. The summed E-state index contributed by atoms with van der Waals surface area (Å²) in [6, 6.07) is -0.722. The molecule has 1 aromatic rings. The number of amides is 1. The molecule has 1 fully saturated rings. The highest BCUT2D eigenvalue weighted by atomic mass is 16.5. The summed E-state index contributed by atoms with van der Waals surface area (Å²) >= 11 is 0. The fourth-order valence-corrected chi connectivity index (χ4v) is 3.13. The maximum atomic E-state index is 12.5. The Kier molecular flexibility index (Phi) is 3.46. The fraction of sp³-hybridized carbons (Fsp3) is 0.643. The van der Waals surface area contributed by atoms with Crippen molar-refractivity contribution in [2.45, 2.75) is 51.0 Å². The predicted molar refractivity (Wildman–Crippen MR) is 69.5 cm³/mol. The molecule has 2 heterocycles. The highest BCUT2D eigenvalue weighted by Crippen LogP contribution is 2.27. The van der Waals surface area contributed by atoms with Crippen LogP contribution in [0.15, 0.2) is 4.52 Å². The van der Waals surface area contributed by atoms with Gasteiger partial charge < -0.3 is 14.5 Å². The zero-order valence-electron chi connectivity index (χ0n) is 11.3. The number of carboxylic acids is 1. The van der Waals surface area contributed by atoms with E-state index in [0.29, 0.717) is 18.7 Å². The molecule has 1 amide bonds. The number of hydrogen-bond donors (Lipinski definition) is 1. The number of rotatable bonds is 2. The van der Waals surface area contributed by atoms with Crippen LogP contribution in [0.25, 0.3) is 0 Å². The van der Waals surface area contributed by atoms with Gasteiger partial charge in [-0.2, -0.15) is 0 Å². The van der Waals surface area contributed by atoms with E-state index in [1.165, 1.54) is 4.90 Å². The Labute approximate surface area is 116 Å². The molecule has 0 radical (unpaired) electrons. The molecule has 0 unspecified atom stereocenters. The summed E-state index contributed by atoms with van der Waals surface area (Å²) < 4.78 is 5.30. The summed E-state index contributed by atoms with van der Waals surface area (Å²) in [7, 11) is 0. The number of hydrogen-bond acceptors (Lipinski definition) is 4. The summed E-state index contributed by atoms with van der Waals surface area (Å²) in [6.07, 6.45) is 6.06. The number of likely N-dealkylation sites (tertiary alicyclic amines) is 1. The van der Waals surface area contributed by atoms with E-state index >= 15 is 0 Å². The second-order valence-corrected chi connectivity index (χ2v) is 5.49. The number of aromatic nitrogens is 1. The van der Waals surface area contributed by atoms with Gasteiger partial charge in [-0.1, -0.05) is 11.6 Å². The monoisotopic (exact) mass is 278 g/mol. The molecule has 1 N–H and O–H groups in total. The third-order valence-corrected chi connectivity index (χ3v) is 4.20. The van der Waals surface area contributed by atoms with E-state index in [9.17, 15) is 14.7 Å². The number of carboxylic acid groups (broad SMARTS) is 1. The Morgan fingerprint density at radius 1 is 1.20 bits per heavy atom. The van der Waals surface area contributed by atoms with Crippen LogP contribution in [0.1, 0.15) is 53.9 Å². The van der Waals surface area contributed by atoms with E-state index < -0.39 is 12.0 Å². The SMILES string of the molecule is O=C(O)[C@H]1CCCN1C(=O)c1noc2c1CCCCC2. The van der Waals surface area contributed by atoms with Crippen molar-refractivity contribution in [3.63, 3.8) is 0 Å². The van der Waals surface area contributed by atoms with Crippen molar-refractivity contribution in [1.82, 2.24) is 10.1 Å². The third-order valence-electron chi connectivity index (χ3n) is 4.20. The molecule has 1 aromatic heterocycles. The number of fused-ring (bicyclic) bond motifs is 1. The molecule has 0 bridgehead atoms. The van der Waals surface area contributed by atoms with Crippen LogP contribution in [0.5, 0.6) is 0 Å². The standard InChI is InChI=1S/C14H18N2O4/c17-13(16-8-4-6-10(16)14(18)19)12-9-5-2-1-3-7-11(9)20-15-12/h10H,1-8H2,(H,18,19)/t10-/m1/s1. The van der Waals surface area contributed by atoms with Crippen molar-refractivity contribution in [1.29, 1.82) is 0 Å². The lowest BCUT2D eigenvalue weighted by Crippen LogP contribution is -2.40. The van der Waals surface area contributed by atoms with Gasteiger partial charge in [0, 0.05) is 18.5 Å². The van der Waals surface area contributed by atoms with E-state index in [0.717, 1.165) is 49.8 Å². The zero-order chi connectivity index (χ0) is 14.1. The Morgan fingerprint density at radius 3 is 2.80 bits per heavy atom. The molecule has 2 aliphatic rings. The first-order chi connectivity index (χ1) is 9.68. The molecule has 108 valence electrons. The minimum Gasteiger partial charge on any atom is -0.480 e. The summed E-state index contributed by atoms with van der Waals surface area (Å²) in [6.45, 7) is 0.484. The Balaban J connectivity index is 1.87. The molecule has 1 saturated heterocycles. The van der Waals surface area contributed by atoms with E-state index in [-0.39, 0.29) is 5.91 Å². The third kappa shape index (κ3) is 2.19. The molecule has 0 spiro atoms. The Hall–Kier alpha value is -1.85. The summed E-state index contributed by atoms with van der Waals surface area (Å²) in [5, 5.41) is 13.1. The number of aryl methyl sites for hydroxylation is 1. The van der Waals surface area contributed by atoms with Gasteiger partial charge in [0.25, 0.3) is 5.91 Å². The van der Waals surface area contributed by atoms with Crippen LogP contribution in [0, 0.1) is 0 Å². The molecule has 6 nitrogen and oxygen atoms in total. The molecule has 0 aromatic carbocycles. The van der Waals surface area contributed by atoms with Gasteiger partial charge in [-0.25, -0.2) is 4.79 Å². The lowest BCUT2D eigenvalue weighted by Gasteiger charge is -2.20. The van der Waals surface area contributed by atoms with Crippen LogP contribution >= 0.6 is 0 Å². The highest BCUT2D eigenvalue weighted by molar-refractivity contribution is 5.96. The Bertz CT molecular complexity index is 537. The van der Waals surface area contributed by atoms with E-state index in [2.05, 4.69) is 5.16 Å².